The number of carbonyl (C=O) groups excluding carboxylic acids is 1. The minimum Gasteiger partial charge on any atom is -0.382 e. The number of likely N-dealkylation sites (N-methyl/N-ethyl adjacent to an activating group) is 1. The summed E-state index contributed by atoms with van der Waals surface area (Å²) in [5, 5.41) is 0. The highest BCUT2D eigenvalue weighted by Gasteiger charge is 2.29. The van der Waals surface area contributed by atoms with E-state index in [1.54, 1.807) is 12.4 Å². The number of nitrogens with two attached hydrogens (primary N) is 1. The SMILES string of the molecule is CN(CC(=O)N1CCO[C@H](c2nccnc2N)C1)C1CCCC1. The van der Waals surface area contributed by atoms with E-state index in [1.165, 1.54) is 25.7 Å². The molecule has 1 saturated carbocycles. The van der Waals surface area contributed by atoms with E-state index >= 15 is 0 Å². The Morgan fingerprint density at radius 2 is 2.13 bits per heavy atom. The van der Waals surface area contributed by atoms with Gasteiger partial charge in [-0.25, -0.2) is 4.98 Å². The van der Waals surface area contributed by atoms with Crippen molar-refractivity contribution in [2.24, 2.45) is 0 Å². The van der Waals surface area contributed by atoms with E-state index in [1.807, 2.05) is 11.9 Å². The molecular formula is C16H25N5O2. The summed E-state index contributed by atoms with van der Waals surface area (Å²) >= 11 is 0. The van der Waals surface area contributed by atoms with Gasteiger partial charge in [-0.15, -0.1) is 0 Å². The Morgan fingerprint density at radius 1 is 1.39 bits per heavy atom. The first-order chi connectivity index (χ1) is 11.1. The van der Waals surface area contributed by atoms with Crippen molar-refractivity contribution in [3.8, 4) is 0 Å². The highest BCUT2D eigenvalue weighted by atomic mass is 16.5. The third kappa shape index (κ3) is 3.79. The van der Waals surface area contributed by atoms with Crippen molar-refractivity contribution in [1.29, 1.82) is 0 Å². The monoisotopic (exact) mass is 319 g/mol. The predicted octanol–water partition coefficient (Wildman–Crippen LogP) is 0.833. The largest absolute Gasteiger partial charge is 0.382 e. The van der Waals surface area contributed by atoms with E-state index in [9.17, 15) is 4.79 Å². The minimum absolute atomic E-state index is 0.148. The Morgan fingerprint density at radius 3 is 2.87 bits per heavy atom. The van der Waals surface area contributed by atoms with Crippen LogP contribution in [0.1, 0.15) is 37.5 Å². The van der Waals surface area contributed by atoms with Gasteiger partial charge >= 0.3 is 0 Å². The highest BCUT2D eigenvalue weighted by Crippen LogP contribution is 2.25. The lowest BCUT2D eigenvalue weighted by Crippen LogP contribution is -2.47. The van der Waals surface area contributed by atoms with Gasteiger partial charge in [0.05, 0.1) is 19.7 Å². The van der Waals surface area contributed by atoms with Gasteiger partial charge < -0.3 is 15.4 Å². The van der Waals surface area contributed by atoms with Crippen LogP contribution in [0.15, 0.2) is 12.4 Å². The Kier molecular flexibility index (Phi) is 5.07. The van der Waals surface area contributed by atoms with Crippen molar-refractivity contribution >= 4 is 11.7 Å². The summed E-state index contributed by atoms with van der Waals surface area (Å²) in [6.45, 7) is 2.07. The van der Waals surface area contributed by atoms with E-state index in [0.29, 0.717) is 43.8 Å². The highest BCUT2D eigenvalue weighted by molar-refractivity contribution is 5.78. The van der Waals surface area contributed by atoms with Crippen LogP contribution in [0.5, 0.6) is 0 Å². The maximum Gasteiger partial charge on any atom is 0.236 e. The fourth-order valence-corrected chi connectivity index (χ4v) is 3.44. The molecule has 23 heavy (non-hydrogen) atoms. The number of hydrogen-bond acceptors (Lipinski definition) is 6. The van der Waals surface area contributed by atoms with Crippen molar-refractivity contribution in [3.63, 3.8) is 0 Å². The molecular weight excluding hydrogens is 294 g/mol. The van der Waals surface area contributed by atoms with Crippen molar-refractivity contribution in [1.82, 2.24) is 19.8 Å². The molecule has 1 saturated heterocycles. The van der Waals surface area contributed by atoms with Crippen LogP contribution in [0.2, 0.25) is 0 Å². The maximum absolute atomic E-state index is 12.6. The second kappa shape index (κ2) is 7.23. The smallest absolute Gasteiger partial charge is 0.236 e. The summed E-state index contributed by atoms with van der Waals surface area (Å²) in [7, 11) is 2.05. The molecule has 0 unspecified atom stereocenters. The van der Waals surface area contributed by atoms with Crippen LogP contribution >= 0.6 is 0 Å². The van der Waals surface area contributed by atoms with Crippen molar-refractivity contribution in [2.75, 3.05) is 39.0 Å². The molecule has 3 rings (SSSR count). The van der Waals surface area contributed by atoms with Crippen molar-refractivity contribution in [2.45, 2.75) is 37.8 Å². The standard InChI is InChI=1S/C16H25N5O2/c1-20(12-4-2-3-5-12)11-14(22)21-8-9-23-13(10-21)15-16(17)19-7-6-18-15/h6-7,12-13H,2-5,8-11H2,1H3,(H2,17,19)/t13-/m0/s1. The third-order valence-corrected chi connectivity index (χ3v) is 4.81. The van der Waals surface area contributed by atoms with Gasteiger partial charge in [-0.05, 0) is 19.9 Å². The molecule has 0 spiro atoms. The lowest BCUT2D eigenvalue weighted by atomic mass is 10.2. The number of ether oxygens (including phenoxy) is 1. The third-order valence-electron chi connectivity index (χ3n) is 4.81. The summed E-state index contributed by atoms with van der Waals surface area (Å²) in [6.07, 6.45) is 7.81. The van der Waals surface area contributed by atoms with Gasteiger partial charge in [0.2, 0.25) is 5.91 Å². The van der Waals surface area contributed by atoms with Gasteiger partial charge in [0.25, 0.3) is 0 Å². The van der Waals surface area contributed by atoms with Crippen LogP contribution < -0.4 is 5.73 Å². The Bertz CT molecular complexity index is 547. The predicted molar refractivity (Wildman–Crippen MR) is 86.6 cm³/mol. The van der Waals surface area contributed by atoms with Crippen molar-refractivity contribution < 1.29 is 9.53 Å². The van der Waals surface area contributed by atoms with Gasteiger partial charge in [0.1, 0.15) is 17.6 Å². The quantitative estimate of drug-likeness (QED) is 0.885. The lowest BCUT2D eigenvalue weighted by Gasteiger charge is -2.34. The van der Waals surface area contributed by atoms with Crippen LogP contribution in [0, 0.1) is 0 Å². The number of anilines is 1. The summed E-state index contributed by atoms with van der Waals surface area (Å²) < 4.78 is 5.74. The summed E-state index contributed by atoms with van der Waals surface area (Å²) in [5.41, 5.74) is 6.49. The molecule has 1 aliphatic heterocycles. The number of hydrogen-bond donors (Lipinski definition) is 1. The van der Waals surface area contributed by atoms with E-state index in [2.05, 4.69) is 14.9 Å². The molecule has 0 aromatic carbocycles. The Balaban J connectivity index is 1.59. The lowest BCUT2D eigenvalue weighted by molar-refractivity contribution is -0.140. The van der Waals surface area contributed by atoms with Crippen LogP contribution in [-0.2, 0) is 9.53 Å². The average molecular weight is 319 g/mol. The number of nitrogen functional groups attached to an aromatic ring is 1. The number of nitrogens with zero attached hydrogens (tertiary/aromatic N) is 4. The molecule has 1 amide bonds. The van der Waals surface area contributed by atoms with E-state index in [-0.39, 0.29) is 12.0 Å². The maximum atomic E-state index is 12.6. The first-order valence-corrected chi connectivity index (χ1v) is 8.31. The minimum atomic E-state index is -0.293. The Labute approximate surface area is 136 Å². The zero-order valence-corrected chi connectivity index (χ0v) is 13.6. The topological polar surface area (TPSA) is 84.6 Å². The fourth-order valence-electron chi connectivity index (χ4n) is 3.44. The van der Waals surface area contributed by atoms with Gasteiger partial charge in [-0.2, -0.15) is 0 Å². The second-order valence-electron chi connectivity index (χ2n) is 6.38. The number of amides is 1. The molecule has 7 heteroatoms. The normalized spacial score (nSPS) is 22.7. The Hall–Kier alpha value is -1.73. The summed E-state index contributed by atoms with van der Waals surface area (Å²) in [4.78, 5) is 24.9. The van der Waals surface area contributed by atoms with Crippen LogP contribution in [0.25, 0.3) is 0 Å². The van der Waals surface area contributed by atoms with Crippen molar-refractivity contribution in [3.05, 3.63) is 18.1 Å². The van der Waals surface area contributed by atoms with E-state index in [4.69, 9.17) is 10.5 Å². The van der Waals surface area contributed by atoms with Gasteiger partial charge in [-0.3, -0.25) is 14.7 Å². The number of carbonyl (C=O) groups is 1. The second-order valence-corrected chi connectivity index (χ2v) is 6.38. The number of morpholine rings is 1. The molecule has 0 bridgehead atoms. The number of rotatable bonds is 4. The molecule has 2 heterocycles. The molecule has 2 aliphatic rings. The van der Waals surface area contributed by atoms with Gasteiger partial charge in [0, 0.05) is 25.0 Å². The molecule has 1 aromatic rings. The summed E-state index contributed by atoms with van der Waals surface area (Å²) in [5.74, 6) is 0.519. The molecule has 0 radical (unpaired) electrons. The van der Waals surface area contributed by atoms with E-state index < -0.39 is 0 Å². The zero-order chi connectivity index (χ0) is 16.2. The molecule has 7 nitrogen and oxygen atoms in total. The number of aromatic nitrogens is 2. The van der Waals surface area contributed by atoms with Gasteiger partial charge in [-0.1, -0.05) is 12.8 Å². The zero-order valence-electron chi connectivity index (χ0n) is 13.6. The summed E-state index contributed by atoms with van der Waals surface area (Å²) in [6, 6.07) is 0.548. The van der Waals surface area contributed by atoms with Crippen LogP contribution in [0.4, 0.5) is 5.82 Å². The molecule has 1 aromatic heterocycles. The fraction of sp³-hybridized carbons (Fsp3) is 0.688. The van der Waals surface area contributed by atoms with Crippen LogP contribution in [0.3, 0.4) is 0 Å². The molecule has 2 fully saturated rings. The molecule has 1 aliphatic carbocycles. The first kappa shape index (κ1) is 16.1. The molecule has 1 atom stereocenters. The average Bonchev–Trinajstić information content (AvgIpc) is 3.10. The van der Waals surface area contributed by atoms with E-state index in [0.717, 1.165) is 0 Å². The molecule has 2 N–H and O–H groups in total. The molecule has 126 valence electrons. The first-order valence-electron chi connectivity index (χ1n) is 8.31. The van der Waals surface area contributed by atoms with Crippen LogP contribution in [-0.4, -0.2) is 65.0 Å². The van der Waals surface area contributed by atoms with Gasteiger partial charge in [0.15, 0.2) is 0 Å².